The number of nitrogens with zero attached hydrogens (tertiary/aromatic N) is 2. The minimum atomic E-state index is -4.19. The number of rotatable bonds is 13. The van der Waals surface area contributed by atoms with Gasteiger partial charge in [0.1, 0.15) is 16.5 Å². The van der Waals surface area contributed by atoms with E-state index in [9.17, 15) is 22.2 Å². The van der Waals surface area contributed by atoms with Gasteiger partial charge in [-0.15, -0.1) is 11.8 Å². The maximum Gasteiger partial charge on any atom is 0.328 e. The Bertz CT molecular complexity index is 2000. The fraction of sp³-hybridized carbons (Fsp3) is 0.171. The highest BCUT2D eigenvalue weighted by Crippen LogP contribution is 2.29. The minimum absolute atomic E-state index is 0.0330. The molecule has 0 aliphatic carbocycles. The Kier molecular flexibility index (Phi) is 11.1. The molecule has 0 bridgehead atoms. The van der Waals surface area contributed by atoms with Crippen molar-refractivity contribution >= 4 is 44.4 Å². The molecule has 0 aliphatic rings. The number of hydrogen-bond acceptors (Lipinski definition) is 7. The van der Waals surface area contributed by atoms with Gasteiger partial charge in [0.05, 0.1) is 21.4 Å². The summed E-state index contributed by atoms with van der Waals surface area (Å²) in [7, 11) is -5.69. The minimum Gasteiger partial charge on any atom is -0.333 e. The van der Waals surface area contributed by atoms with Crippen molar-refractivity contribution < 1.29 is 22.2 Å². The highest BCUT2D eigenvalue weighted by molar-refractivity contribution is 7.98. The van der Waals surface area contributed by atoms with Crippen molar-refractivity contribution in [2.24, 2.45) is 0 Å². The molecule has 4 aromatic carbocycles. The molecule has 1 atom stereocenters. The lowest BCUT2D eigenvalue weighted by atomic mass is 10.0. The number of carbonyl (C=O) groups is 2. The quantitative estimate of drug-likeness (QED) is 0.114. The smallest absolute Gasteiger partial charge is 0.328 e. The third-order valence-electron chi connectivity index (χ3n) is 7.36. The largest absolute Gasteiger partial charge is 0.333 e. The third kappa shape index (κ3) is 8.26. The Balaban J connectivity index is 1.35. The topological polar surface area (TPSA) is 127 Å². The van der Waals surface area contributed by atoms with Gasteiger partial charge in [-0.1, -0.05) is 97.9 Å². The molecule has 1 aromatic heterocycles. The van der Waals surface area contributed by atoms with E-state index >= 15 is 0 Å². The van der Waals surface area contributed by atoms with E-state index in [0.29, 0.717) is 39.7 Å². The highest BCUT2D eigenvalue weighted by atomic mass is 32.2. The van der Waals surface area contributed by atoms with Gasteiger partial charge in [-0.05, 0) is 41.1 Å². The van der Waals surface area contributed by atoms with Crippen LogP contribution in [-0.2, 0) is 40.3 Å². The lowest BCUT2D eigenvalue weighted by Gasteiger charge is -2.14. The summed E-state index contributed by atoms with van der Waals surface area (Å²) >= 11 is 1.37. The van der Waals surface area contributed by atoms with Gasteiger partial charge in [0, 0.05) is 30.0 Å². The van der Waals surface area contributed by atoms with Crippen LogP contribution in [-0.4, -0.2) is 46.0 Å². The van der Waals surface area contributed by atoms with E-state index in [2.05, 4.69) is 10.0 Å². The normalized spacial score (nSPS) is 12.0. The second-order valence-corrected chi connectivity index (χ2v) is 14.4. The third-order valence-corrected chi connectivity index (χ3v) is 10.7. The van der Waals surface area contributed by atoms with Crippen LogP contribution in [0.5, 0.6) is 0 Å². The van der Waals surface area contributed by atoms with Gasteiger partial charge in [-0.25, -0.2) is 22.9 Å². The summed E-state index contributed by atoms with van der Waals surface area (Å²) in [5, 5.41) is 3.17. The number of benzene rings is 4. The van der Waals surface area contributed by atoms with Crippen molar-refractivity contribution in [1.29, 1.82) is 0 Å². The molecule has 242 valence electrons. The van der Waals surface area contributed by atoms with Crippen LogP contribution < -0.4 is 10.0 Å². The number of aryl methyl sites for hydroxylation is 1. The second-order valence-electron chi connectivity index (χ2n) is 10.5. The molecule has 12 heteroatoms. The van der Waals surface area contributed by atoms with Crippen molar-refractivity contribution in [3.63, 3.8) is 0 Å². The Morgan fingerprint density at radius 1 is 0.851 bits per heavy atom. The molecule has 0 radical (unpaired) electrons. The van der Waals surface area contributed by atoms with Crippen LogP contribution in [0.2, 0.25) is 0 Å². The lowest BCUT2D eigenvalue weighted by Crippen LogP contribution is -2.39. The molecule has 0 fully saturated rings. The summed E-state index contributed by atoms with van der Waals surface area (Å²) in [5.74, 6) is 0.328. The summed E-state index contributed by atoms with van der Waals surface area (Å²) in [5.41, 5.74) is 3.20. The predicted octanol–water partition coefficient (Wildman–Crippen LogP) is 6.06. The maximum atomic E-state index is 13.6. The number of hydrogen-bond donors (Lipinski definition) is 2. The number of Topliss-reactive ketones (excluding diaryl/α,β-unsaturated/α-hetero) is 1. The zero-order valence-corrected chi connectivity index (χ0v) is 28.3. The second kappa shape index (κ2) is 15.4. The van der Waals surface area contributed by atoms with Crippen LogP contribution in [0.25, 0.3) is 11.1 Å². The van der Waals surface area contributed by atoms with E-state index < -0.39 is 26.9 Å². The number of ketones is 1. The van der Waals surface area contributed by atoms with Gasteiger partial charge >= 0.3 is 6.03 Å². The van der Waals surface area contributed by atoms with Crippen molar-refractivity contribution in [3.05, 3.63) is 132 Å². The fourth-order valence-corrected chi connectivity index (χ4v) is 7.85. The van der Waals surface area contributed by atoms with Gasteiger partial charge in [0.2, 0.25) is 0 Å². The van der Waals surface area contributed by atoms with E-state index in [4.69, 9.17) is 4.98 Å². The van der Waals surface area contributed by atoms with E-state index in [1.54, 1.807) is 42.5 Å². The van der Waals surface area contributed by atoms with Crippen molar-refractivity contribution in [3.8, 4) is 11.1 Å². The van der Waals surface area contributed by atoms with E-state index in [1.807, 2.05) is 78.4 Å². The monoisotopic (exact) mass is 686 g/mol. The molecule has 0 aliphatic heterocycles. The lowest BCUT2D eigenvalue weighted by molar-refractivity contribution is 0.101. The number of sulfonamides is 1. The predicted molar refractivity (Wildman–Crippen MR) is 185 cm³/mol. The zero-order chi connectivity index (χ0) is 33.4. The Labute approximate surface area is 281 Å². The number of aromatic nitrogens is 2. The standard InChI is InChI=1S/C35H34N4O5S3/c1-3-32-37-34(45-2)33(30(40)24-46(42)28-14-8-5-9-15-28)39(32)23-26-18-20-27(21-19-26)29-16-10-11-17-31(29)47(43,44)38-35(41)36-22-25-12-6-4-7-13-25/h4-21H,3,22-24H2,1-2H3,(H2,36,38,41). The van der Waals surface area contributed by atoms with E-state index in [1.165, 1.54) is 17.8 Å². The van der Waals surface area contributed by atoms with Crippen LogP contribution in [0.3, 0.4) is 0 Å². The summed E-state index contributed by atoms with van der Waals surface area (Å²) in [4.78, 5) is 31.3. The van der Waals surface area contributed by atoms with Gasteiger partial charge in [-0.2, -0.15) is 0 Å². The van der Waals surface area contributed by atoms with Crippen LogP contribution in [0.1, 0.15) is 34.4 Å². The van der Waals surface area contributed by atoms with Gasteiger partial charge in [0.15, 0.2) is 5.78 Å². The van der Waals surface area contributed by atoms with E-state index in [-0.39, 0.29) is 23.0 Å². The molecular weight excluding hydrogens is 653 g/mol. The Morgan fingerprint density at radius 3 is 2.15 bits per heavy atom. The van der Waals surface area contributed by atoms with Crippen molar-refractivity contribution in [2.75, 3.05) is 12.0 Å². The molecule has 9 nitrogen and oxygen atoms in total. The maximum absolute atomic E-state index is 13.6. The zero-order valence-electron chi connectivity index (χ0n) is 25.9. The number of nitrogens with one attached hydrogen (secondary N) is 2. The first-order chi connectivity index (χ1) is 22.7. The van der Waals surface area contributed by atoms with Crippen molar-refractivity contribution in [2.45, 2.75) is 41.3 Å². The van der Waals surface area contributed by atoms with E-state index in [0.717, 1.165) is 17.0 Å². The van der Waals surface area contributed by atoms with Gasteiger partial charge in [-0.3, -0.25) is 9.00 Å². The molecule has 0 saturated heterocycles. The number of urea groups is 1. The number of carbonyl (C=O) groups excluding carboxylic acids is 2. The number of amides is 2. The summed E-state index contributed by atoms with van der Waals surface area (Å²) in [6.45, 7) is 2.49. The summed E-state index contributed by atoms with van der Waals surface area (Å²) in [6.07, 6.45) is 2.46. The summed E-state index contributed by atoms with van der Waals surface area (Å²) in [6, 6.07) is 31.1. The molecule has 0 spiro atoms. The molecule has 47 heavy (non-hydrogen) atoms. The van der Waals surface area contributed by atoms with Crippen LogP contribution in [0, 0.1) is 0 Å². The molecular formula is C35H34N4O5S3. The highest BCUT2D eigenvalue weighted by Gasteiger charge is 2.25. The molecule has 2 amide bonds. The summed E-state index contributed by atoms with van der Waals surface area (Å²) < 4.78 is 43.5. The first-order valence-electron chi connectivity index (χ1n) is 14.8. The average molecular weight is 687 g/mol. The van der Waals surface area contributed by atoms with Gasteiger partial charge < -0.3 is 9.88 Å². The molecule has 1 unspecified atom stereocenters. The van der Waals surface area contributed by atoms with Crippen molar-refractivity contribution in [1.82, 2.24) is 19.6 Å². The Hall–Kier alpha value is -4.52. The molecule has 2 N–H and O–H groups in total. The molecule has 0 saturated carbocycles. The average Bonchev–Trinajstić information content (AvgIpc) is 3.45. The first kappa shape index (κ1) is 33.8. The SMILES string of the molecule is CCc1nc(SC)c(C(=O)CS(=O)c2ccccc2)n1Cc1ccc(-c2ccccc2S(=O)(=O)NC(=O)NCc2ccccc2)cc1. The number of thioether (sulfide) groups is 1. The molecule has 5 rings (SSSR count). The number of imidazole rings is 1. The Morgan fingerprint density at radius 2 is 1.49 bits per heavy atom. The fourth-order valence-electron chi connectivity index (χ4n) is 5.07. The molecule has 1 heterocycles. The molecule has 5 aromatic rings. The van der Waals surface area contributed by atoms with Gasteiger partial charge in [0.25, 0.3) is 10.0 Å². The van der Waals surface area contributed by atoms with Crippen LogP contribution in [0.4, 0.5) is 4.79 Å². The first-order valence-corrected chi connectivity index (χ1v) is 18.9. The van der Waals surface area contributed by atoms with Crippen LogP contribution in [0.15, 0.2) is 124 Å². The van der Waals surface area contributed by atoms with Crippen LogP contribution >= 0.6 is 11.8 Å².